The summed E-state index contributed by atoms with van der Waals surface area (Å²) in [6.07, 6.45) is 5.03. The molecule has 1 aromatic carbocycles. The fourth-order valence-corrected chi connectivity index (χ4v) is 4.63. The zero-order valence-electron chi connectivity index (χ0n) is 14.3. The average molecular weight is 382 g/mol. The summed E-state index contributed by atoms with van der Waals surface area (Å²) in [6.45, 7) is 1.00. The van der Waals surface area contributed by atoms with Gasteiger partial charge in [-0.1, -0.05) is 12.1 Å². The second-order valence-electron chi connectivity index (χ2n) is 6.43. The number of hydrogen-bond donors (Lipinski definition) is 1. The van der Waals surface area contributed by atoms with Crippen LogP contribution in [-0.2, 0) is 21.2 Å². The van der Waals surface area contributed by atoms with E-state index >= 15 is 0 Å². The first-order valence-electron chi connectivity index (χ1n) is 8.51. The predicted octanol–water partition coefficient (Wildman–Crippen LogP) is 2.16. The van der Waals surface area contributed by atoms with E-state index in [2.05, 4.69) is 9.71 Å². The van der Waals surface area contributed by atoms with Crippen molar-refractivity contribution in [2.24, 2.45) is 0 Å². The molecule has 2 heterocycles. The number of sulfonamides is 1. The molecular formula is C17H23N3O3S2. The van der Waals surface area contributed by atoms with Gasteiger partial charge in [-0.2, -0.15) is 0 Å². The number of rotatable bonds is 6. The molecule has 1 atom stereocenters. The molecule has 0 spiro atoms. The Morgan fingerprint density at radius 3 is 2.92 bits per heavy atom. The van der Waals surface area contributed by atoms with Gasteiger partial charge in [0.2, 0.25) is 15.9 Å². The molecule has 8 heteroatoms. The van der Waals surface area contributed by atoms with Crippen LogP contribution in [0.4, 0.5) is 0 Å². The lowest BCUT2D eigenvalue weighted by molar-refractivity contribution is -0.134. The lowest BCUT2D eigenvalue weighted by Crippen LogP contribution is -2.49. The maximum absolute atomic E-state index is 12.6. The number of carbonyl (C=O) groups excluding carboxylic acids is 1. The van der Waals surface area contributed by atoms with Crippen LogP contribution in [0.3, 0.4) is 0 Å². The smallest absolute Gasteiger partial charge is 0.223 e. The number of aryl methyl sites for hydroxylation is 1. The zero-order chi connectivity index (χ0) is 17.9. The van der Waals surface area contributed by atoms with Crippen LogP contribution >= 0.6 is 11.3 Å². The topological polar surface area (TPSA) is 79.4 Å². The lowest BCUT2D eigenvalue weighted by atomic mass is 10.0. The van der Waals surface area contributed by atoms with Crippen molar-refractivity contribution < 1.29 is 13.2 Å². The maximum atomic E-state index is 12.6. The van der Waals surface area contributed by atoms with Crippen LogP contribution in [0, 0.1) is 0 Å². The molecule has 136 valence electrons. The molecule has 6 nitrogen and oxygen atoms in total. The first-order chi connectivity index (χ1) is 11.9. The summed E-state index contributed by atoms with van der Waals surface area (Å²) in [5, 5.41) is 0.970. The maximum Gasteiger partial charge on any atom is 0.223 e. The van der Waals surface area contributed by atoms with Gasteiger partial charge in [0, 0.05) is 32.0 Å². The lowest BCUT2D eigenvalue weighted by Gasteiger charge is -2.35. The second kappa shape index (κ2) is 7.80. The van der Waals surface area contributed by atoms with E-state index < -0.39 is 10.0 Å². The molecule has 0 saturated carbocycles. The summed E-state index contributed by atoms with van der Waals surface area (Å²) < 4.78 is 26.3. The van der Waals surface area contributed by atoms with Gasteiger partial charge in [-0.15, -0.1) is 11.3 Å². The number of benzene rings is 1. The number of hydrogen-bond acceptors (Lipinski definition) is 5. The Kier molecular flexibility index (Phi) is 5.71. The van der Waals surface area contributed by atoms with Crippen molar-refractivity contribution in [3.63, 3.8) is 0 Å². The van der Waals surface area contributed by atoms with Crippen LogP contribution in [0.25, 0.3) is 10.2 Å². The van der Waals surface area contributed by atoms with Crippen molar-refractivity contribution in [2.45, 2.75) is 38.1 Å². The van der Waals surface area contributed by atoms with Crippen molar-refractivity contribution in [3.05, 3.63) is 29.3 Å². The van der Waals surface area contributed by atoms with E-state index in [9.17, 15) is 13.2 Å². The standard InChI is InChI=1S/C17H23N3O3S2/c1-25(22,23)18-12-13-6-4-5-11-20(13)17(21)10-9-16-19-14-7-2-3-8-15(14)24-16/h2-3,7-8,13,18H,4-6,9-12H2,1H3. The van der Waals surface area contributed by atoms with Gasteiger partial charge in [-0.3, -0.25) is 4.79 Å². The molecular weight excluding hydrogens is 358 g/mol. The number of likely N-dealkylation sites (tertiary alicyclic amines) is 1. The van der Waals surface area contributed by atoms with Gasteiger partial charge in [0.05, 0.1) is 21.5 Å². The molecule has 0 aliphatic carbocycles. The Morgan fingerprint density at radius 2 is 2.16 bits per heavy atom. The molecule has 2 aromatic rings. The Balaban J connectivity index is 1.60. The Labute approximate surface area is 152 Å². The average Bonchev–Trinajstić information content (AvgIpc) is 3.00. The SMILES string of the molecule is CS(=O)(=O)NCC1CCCCN1C(=O)CCc1nc2ccccc2s1. The first kappa shape index (κ1) is 18.3. The highest BCUT2D eigenvalue weighted by Crippen LogP contribution is 2.23. The Hall–Kier alpha value is -1.51. The number of nitrogens with zero attached hydrogens (tertiary/aromatic N) is 2. The van der Waals surface area contributed by atoms with Crippen LogP contribution in [-0.4, -0.2) is 49.6 Å². The van der Waals surface area contributed by atoms with Gasteiger partial charge in [-0.05, 0) is 31.4 Å². The largest absolute Gasteiger partial charge is 0.338 e. The summed E-state index contributed by atoms with van der Waals surface area (Å²) in [6, 6.07) is 7.92. The highest BCUT2D eigenvalue weighted by molar-refractivity contribution is 7.88. The van der Waals surface area contributed by atoms with Crippen LogP contribution in [0.2, 0.25) is 0 Å². The molecule has 3 rings (SSSR count). The highest BCUT2D eigenvalue weighted by Gasteiger charge is 2.27. The van der Waals surface area contributed by atoms with Crippen LogP contribution < -0.4 is 4.72 Å². The van der Waals surface area contributed by atoms with Crippen molar-refractivity contribution in [3.8, 4) is 0 Å². The van der Waals surface area contributed by atoms with Gasteiger partial charge in [-0.25, -0.2) is 18.1 Å². The molecule has 0 radical (unpaired) electrons. The monoisotopic (exact) mass is 381 g/mol. The van der Waals surface area contributed by atoms with E-state index in [0.29, 0.717) is 25.9 Å². The third kappa shape index (κ3) is 4.99. The van der Waals surface area contributed by atoms with Crippen molar-refractivity contribution in [1.82, 2.24) is 14.6 Å². The minimum absolute atomic E-state index is 0.0497. The zero-order valence-corrected chi connectivity index (χ0v) is 15.9. The van der Waals surface area contributed by atoms with E-state index in [1.165, 1.54) is 0 Å². The fraction of sp³-hybridized carbons (Fsp3) is 0.529. The molecule has 1 aliphatic rings. The highest BCUT2D eigenvalue weighted by atomic mass is 32.2. The van der Waals surface area contributed by atoms with E-state index in [-0.39, 0.29) is 11.9 Å². The number of thiazole rings is 1. The minimum Gasteiger partial charge on any atom is -0.338 e. The molecule has 1 saturated heterocycles. The number of aromatic nitrogens is 1. The molecule has 0 bridgehead atoms. The van der Waals surface area contributed by atoms with Crippen molar-refractivity contribution >= 4 is 37.5 Å². The molecule has 1 fully saturated rings. The van der Waals surface area contributed by atoms with Gasteiger partial charge < -0.3 is 4.90 Å². The van der Waals surface area contributed by atoms with Gasteiger partial charge in [0.1, 0.15) is 0 Å². The number of carbonyl (C=O) groups is 1. The quantitative estimate of drug-likeness (QED) is 0.832. The number of piperidine rings is 1. The second-order valence-corrected chi connectivity index (χ2v) is 9.38. The molecule has 1 unspecified atom stereocenters. The molecule has 1 aliphatic heterocycles. The fourth-order valence-electron chi connectivity index (χ4n) is 3.17. The van der Waals surface area contributed by atoms with Gasteiger partial charge >= 0.3 is 0 Å². The van der Waals surface area contributed by atoms with Crippen LogP contribution in [0.5, 0.6) is 0 Å². The summed E-state index contributed by atoms with van der Waals surface area (Å²) in [5.74, 6) is 0.0826. The third-order valence-corrected chi connectivity index (χ3v) is 6.21. The summed E-state index contributed by atoms with van der Waals surface area (Å²) in [4.78, 5) is 19.1. The van der Waals surface area contributed by atoms with Crippen molar-refractivity contribution in [1.29, 1.82) is 0 Å². The summed E-state index contributed by atoms with van der Waals surface area (Å²) in [7, 11) is -3.24. The Bertz CT molecular complexity index is 815. The number of para-hydroxylation sites is 1. The molecule has 1 amide bonds. The normalized spacial score (nSPS) is 18.6. The van der Waals surface area contributed by atoms with Crippen LogP contribution in [0.15, 0.2) is 24.3 Å². The summed E-state index contributed by atoms with van der Waals surface area (Å²) >= 11 is 1.63. The third-order valence-electron chi connectivity index (χ3n) is 4.42. The van der Waals surface area contributed by atoms with E-state index in [0.717, 1.165) is 40.7 Å². The van der Waals surface area contributed by atoms with Gasteiger partial charge in [0.25, 0.3) is 0 Å². The predicted molar refractivity (Wildman–Crippen MR) is 100 cm³/mol. The van der Waals surface area contributed by atoms with E-state index in [1.54, 1.807) is 11.3 Å². The Morgan fingerprint density at radius 1 is 1.36 bits per heavy atom. The number of amides is 1. The molecule has 1 N–H and O–H groups in total. The van der Waals surface area contributed by atoms with Crippen LogP contribution in [0.1, 0.15) is 30.7 Å². The minimum atomic E-state index is -3.24. The first-order valence-corrected chi connectivity index (χ1v) is 11.2. The molecule has 25 heavy (non-hydrogen) atoms. The summed E-state index contributed by atoms with van der Waals surface area (Å²) in [5.41, 5.74) is 0.975. The van der Waals surface area contributed by atoms with Gasteiger partial charge in [0.15, 0.2) is 0 Å². The molecule has 1 aromatic heterocycles. The van der Waals surface area contributed by atoms with E-state index in [4.69, 9.17) is 0 Å². The number of nitrogens with one attached hydrogen (secondary N) is 1. The van der Waals surface area contributed by atoms with Crippen molar-refractivity contribution in [2.75, 3.05) is 19.3 Å². The number of fused-ring (bicyclic) bond motifs is 1. The van der Waals surface area contributed by atoms with E-state index in [1.807, 2.05) is 29.2 Å².